The van der Waals surface area contributed by atoms with Gasteiger partial charge in [-0.1, -0.05) is 43.7 Å². The average molecular weight is 355 g/mol. The number of hydrogen-bond donors (Lipinski definition) is 1. The van der Waals surface area contributed by atoms with E-state index in [1.165, 1.54) is 18.4 Å². The number of nitrogens with zero attached hydrogens (tertiary/aromatic N) is 5. The summed E-state index contributed by atoms with van der Waals surface area (Å²) in [7, 11) is 1.99. The molecule has 0 amide bonds. The third-order valence-corrected chi connectivity index (χ3v) is 5.13. The molecule has 1 fully saturated rings. The van der Waals surface area contributed by atoms with Gasteiger partial charge in [0.15, 0.2) is 11.8 Å². The Labute approximate surface area is 156 Å². The maximum Gasteiger partial charge on any atom is 0.194 e. The maximum absolute atomic E-state index is 4.86. The number of aliphatic imine (C=N–C) groups is 1. The van der Waals surface area contributed by atoms with E-state index in [-0.39, 0.29) is 0 Å². The van der Waals surface area contributed by atoms with Gasteiger partial charge in [0.1, 0.15) is 12.4 Å². The van der Waals surface area contributed by atoms with E-state index < -0.39 is 0 Å². The summed E-state index contributed by atoms with van der Waals surface area (Å²) in [6, 6.07) is 10.8. The number of benzene rings is 1. The second kappa shape index (κ2) is 8.83. The summed E-state index contributed by atoms with van der Waals surface area (Å²) < 4.78 is 2.00. The maximum atomic E-state index is 4.86. The molecule has 140 valence electrons. The lowest BCUT2D eigenvalue weighted by atomic mass is 9.99. The standard InChI is InChI=1S/C20H30N6/c1-4-5-12-21-20(22-14-19-24-23-16(2)25(19)3)26-13-11-18(15-26)17-9-7-6-8-10-17/h6-10,18H,4-5,11-15H2,1-3H3,(H,21,22). The van der Waals surface area contributed by atoms with Gasteiger partial charge >= 0.3 is 0 Å². The van der Waals surface area contributed by atoms with Crippen molar-refractivity contribution < 1.29 is 0 Å². The number of nitrogens with one attached hydrogen (secondary N) is 1. The van der Waals surface area contributed by atoms with Crippen molar-refractivity contribution in [1.29, 1.82) is 0 Å². The van der Waals surface area contributed by atoms with Crippen LogP contribution in [0.3, 0.4) is 0 Å². The van der Waals surface area contributed by atoms with Crippen LogP contribution in [0.5, 0.6) is 0 Å². The van der Waals surface area contributed by atoms with Crippen LogP contribution in [0, 0.1) is 6.92 Å². The molecule has 1 aliphatic heterocycles. The van der Waals surface area contributed by atoms with Gasteiger partial charge < -0.3 is 14.8 Å². The molecule has 1 saturated heterocycles. The summed E-state index contributed by atoms with van der Waals surface area (Å²) in [6.07, 6.45) is 3.50. The van der Waals surface area contributed by atoms with Crippen molar-refractivity contribution in [1.82, 2.24) is 25.0 Å². The molecule has 0 spiro atoms. The zero-order chi connectivity index (χ0) is 18.4. The predicted octanol–water partition coefficient (Wildman–Crippen LogP) is 2.86. The van der Waals surface area contributed by atoms with Crippen molar-refractivity contribution in [2.45, 2.75) is 45.6 Å². The minimum absolute atomic E-state index is 0.554. The van der Waals surface area contributed by atoms with Crippen LogP contribution < -0.4 is 5.32 Å². The highest BCUT2D eigenvalue weighted by Crippen LogP contribution is 2.26. The molecule has 1 N–H and O–H groups in total. The minimum Gasteiger partial charge on any atom is -0.356 e. The van der Waals surface area contributed by atoms with Gasteiger partial charge in [-0.25, -0.2) is 4.99 Å². The van der Waals surface area contributed by atoms with Gasteiger partial charge in [-0.05, 0) is 25.3 Å². The third-order valence-electron chi connectivity index (χ3n) is 5.13. The van der Waals surface area contributed by atoms with Crippen LogP contribution in [0.25, 0.3) is 0 Å². The van der Waals surface area contributed by atoms with Crippen molar-refractivity contribution in [2.75, 3.05) is 19.6 Å². The van der Waals surface area contributed by atoms with Crippen molar-refractivity contribution >= 4 is 5.96 Å². The molecule has 2 aromatic rings. The van der Waals surface area contributed by atoms with Gasteiger partial charge in [0.2, 0.25) is 0 Å². The molecule has 0 aliphatic carbocycles. The van der Waals surface area contributed by atoms with Crippen molar-refractivity contribution in [3.8, 4) is 0 Å². The Morgan fingerprint density at radius 3 is 2.77 bits per heavy atom. The Morgan fingerprint density at radius 1 is 1.27 bits per heavy atom. The van der Waals surface area contributed by atoms with E-state index in [0.717, 1.165) is 43.7 Å². The van der Waals surface area contributed by atoms with Crippen LogP contribution in [-0.4, -0.2) is 45.3 Å². The Balaban J connectivity index is 1.69. The number of hydrogen-bond acceptors (Lipinski definition) is 3. The number of likely N-dealkylation sites (tertiary alicyclic amines) is 1. The fourth-order valence-electron chi connectivity index (χ4n) is 3.33. The molecule has 0 saturated carbocycles. The van der Waals surface area contributed by atoms with E-state index in [1.54, 1.807) is 0 Å². The molecule has 1 atom stereocenters. The van der Waals surface area contributed by atoms with Crippen LogP contribution in [0.1, 0.15) is 49.3 Å². The molecule has 3 rings (SSSR count). The van der Waals surface area contributed by atoms with Gasteiger partial charge in [0.25, 0.3) is 0 Å². The van der Waals surface area contributed by atoms with Crippen molar-refractivity contribution in [3.05, 3.63) is 47.5 Å². The summed E-state index contributed by atoms with van der Waals surface area (Å²) in [6.45, 7) is 7.74. The third kappa shape index (κ3) is 4.42. The molecule has 6 nitrogen and oxygen atoms in total. The van der Waals surface area contributed by atoms with E-state index in [1.807, 2.05) is 18.5 Å². The molecule has 0 bridgehead atoms. The summed E-state index contributed by atoms with van der Waals surface area (Å²) in [5.74, 6) is 3.39. The molecule has 1 unspecified atom stereocenters. The average Bonchev–Trinajstić information content (AvgIpc) is 3.27. The molecule has 1 aromatic carbocycles. The largest absolute Gasteiger partial charge is 0.356 e. The molecule has 26 heavy (non-hydrogen) atoms. The van der Waals surface area contributed by atoms with Gasteiger partial charge in [0, 0.05) is 32.6 Å². The second-order valence-corrected chi connectivity index (χ2v) is 6.98. The normalized spacial score (nSPS) is 17.7. The fraction of sp³-hybridized carbons (Fsp3) is 0.550. The number of unbranched alkanes of at least 4 members (excludes halogenated alkanes) is 1. The minimum atomic E-state index is 0.554. The van der Waals surface area contributed by atoms with Crippen LogP contribution in [0.15, 0.2) is 35.3 Å². The predicted molar refractivity (Wildman–Crippen MR) is 105 cm³/mol. The lowest BCUT2D eigenvalue weighted by Gasteiger charge is -2.22. The lowest BCUT2D eigenvalue weighted by molar-refractivity contribution is 0.481. The highest BCUT2D eigenvalue weighted by molar-refractivity contribution is 5.80. The van der Waals surface area contributed by atoms with Crippen molar-refractivity contribution in [2.24, 2.45) is 12.0 Å². The SMILES string of the molecule is CCCCNC(=NCc1nnc(C)n1C)N1CCC(c2ccccc2)C1. The van der Waals surface area contributed by atoms with Crippen LogP contribution >= 0.6 is 0 Å². The van der Waals surface area contributed by atoms with Gasteiger partial charge in [0.05, 0.1) is 0 Å². The summed E-state index contributed by atoms with van der Waals surface area (Å²) >= 11 is 0. The smallest absolute Gasteiger partial charge is 0.194 e. The Hall–Kier alpha value is -2.37. The van der Waals surface area contributed by atoms with Crippen LogP contribution in [-0.2, 0) is 13.6 Å². The van der Waals surface area contributed by atoms with Crippen molar-refractivity contribution in [3.63, 3.8) is 0 Å². The second-order valence-electron chi connectivity index (χ2n) is 6.98. The lowest BCUT2D eigenvalue weighted by Crippen LogP contribution is -2.40. The molecule has 1 aromatic heterocycles. The van der Waals surface area contributed by atoms with Gasteiger partial charge in [-0.3, -0.25) is 0 Å². The first kappa shape index (κ1) is 18.4. The number of aromatic nitrogens is 3. The molecule has 1 aliphatic rings. The quantitative estimate of drug-likeness (QED) is 0.492. The zero-order valence-electron chi connectivity index (χ0n) is 16.1. The fourth-order valence-corrected chi connectivity index (χ4v) is 3.33. The topological polar surface area (TPSA) is 58.3 Å². The van der Waals surface area contributed by atoms with E-state index in [2.05, 4.69) is 57.7 Å². The molecule has 6 heteroatoms. The Bertz CT molecular complexity index is 721. The summed E-state index contributed by atoms with van der Waals surface area (Å²) in [5.41, 5.74) is 1.42. The molecule has 2 heterocycles. The molecule has 0 radical (unpaired) electrons. The van der Waals surface area contributed by atoms with E-state index in [9.17, 15) is 0 Å². The summed E-state index contributed by atoms with van der Waals surface area (Å²) in [5, 5.41) is 11.9. The highest BCUT2D eigenvalue weighted by atomic mass is 15.3. The van der Waals surface area contributed by atoms with Gasteiger partial charge in [-0.15, -0.1) is 10.2 Å². The first-order chi connectivity index (χ1) is 12.7. The molecular weight excluding hydrogens is 324 g/mol. The van der Waals surface area contributed by atoms with Crippen LogP contribution in [0.4, 0.5) is 0 Å². The Morgan fingerprint density at radius 2 is 2.08 bits per heavy atom. The first-order valence-corrected chi connectivity index (χ1v) is 9.62. The number of rotatable bonds is 6. The Kier molecular flexibility index (Phi) is 6.26. The van der Waals surface area contributed by atoms with E-state index in [4.69, 9.17) is 4.99 Å². The monoisotopic (exact) mass is 354 g/mol. The van der Waals surface area contributed by atoms with E-state index >= 15 is 0 Å². The number of aryl methyl sites for hydroxylation is 1. The molecular formula is C20H30N6. The first-order valence-electron chi connectivity index (χ1n) is 9.62. The number of guanidine groups is 1. The summed E-state index contributed by atoms with van der Waals surface area (Å²) in [4.78, 5) is 7.24. The van der Waals surface area contributed by atoms with Crippen LogP contribution in [0.2, 0.25) is 0 Å². The zero-order valence-corrected chi connectivity index (χ0v) is 16.1. The van der Waals surface area contributed by atoms with Gasteiger partial charge in [-0.2, -0.15) is 0 Å². The van der Waals surface area contributed by atoms with E-state index in [0.29, 0.717) is 12.5 Å². The highest BCUT2D eigenvalue weighted by Gasteiger charge is 2.26.